The summed E-state index contributed by atoms with van der Waals surface area (Å²) in [5.74, 6) is 0. The predicted molar refractivity (Wildman–Crippen MR) is 23.9 cm³/mol. The van der Waals surface area contributed by atoms with E-state index in [4.69, 9.17) is 0 Å². The zero-order valence-corrected chi connectivity index (χ0v) is 5.41. The van der Waals surface area contributed by atoms with Crippen LogP contribution >= 0.6 is 0 Å². The van der Waals surface area contributed by atoms with Gasteiger partial charge in [0.2, 0.25) is 8.20 Å². The Morgan fingerprint density at radius 2 is 2.00 bits per heavy atom. The van der Waals surface area contributed by atoms with Crippen molar-refractivity contribution in [3.63, 3.8) is 0 Å². The van der Waals surface area contributed by atoms with Gasteiger partial charge in [0.15, 0.2) is 0 Å². The van der Waals surface area contributed by atoms with Crippen LogP contribution in [-0.2, 0) is 4.46 Å². The van der Waals surface area contributed by atoms with Gasteiger partial charge >= 0.3 is 0 Å². The molecule has 0 fully saturated rings. The highest BCUT2D eigenvalue weighted by molar-refractivity contribution is 7.03. The van der Waals surface area contributed by atoms with Crippen LogP contribution in [0.15, 0.2) is 0 Å². The lowest BCUT2D eigenvalue weighted by molar-refractivity contribution is 0.575. The van der Waals surface area contributed by atoms with Crippen molar-refractivity contribution >= 4 is 17.2 Å². The van der Waals surface area contributed by atoms with E-state index in [2.05, 4.69) is 0 Å². The summed E-state index contributed by atoms with van der Waals surface area (Å²) >= 11 is 0. The SMILES string of the molecule is C[Si][Si](C)=O. The van der Waals surface area contributed by atoms with Gasteiger partial charge in [0.25, 0.3) is 0 Å². The smallest absolute Gasteiger partial charge is 0.247 e. The van der Waals surface area contributed by atoms with Gasteiger partial charge in [-0.1, -0.05) is 6.55 Å². The molecule has 0 heterocycles. The second-order valence-corrected chi connectivity index (χ2v) is 6.03. The molecule has 0 aliphatic rings. The lowest BCUT2D eigenvalue weighted by Gasteiger charge is -1.65. The van der Waals surface area contributed by atoms with Gasteiger partial charge in [-0.25, -0.2) is 0 Å². The van der Waals surface area contributed by atoms with Gasteiger partial charge in [-0.05, 0) is 6.55 Å². The van der Waals surface area contributed by atoms with Gasteiger partial charge in [0, 0.05) is 0 Å². The fourth-order valence-electron chi connectivity index (χ4n) is 0. The summed E-state index contributed by atoms with van der Waals surface area (Å²) in [5.41, 5.74) is 0. The molecule has 0 saturated carbocycles. The van der Waals surface area contributed by atoms with E-state index in [1.54, 1.807) is 6.55 Å². The largest absolute Gasteiger partial charge is 0.394 e. The third-order valence-corrected chi connectivity index (χ3v) is 3.17. The third kappa shape index (κ3) is 4.23. The molecule has 28 valence electrons. The highest BCUT2D eigenvalue weighted by Crippen LogP contribution is 1.54. The fraction of sp³-hybridized carbons (Fsp3) is 1.00. The zero-order valence-electron chi connectivity index (χ0n) is 3.41. The van der Waals surface area contributed by atoms with E-state index in [0.717, 1.165) is 0 Å². The molecule has 0 amide bonds. The van der Waals surface area contributed by atoms with E-state index in [-0.39, 0.29) is 0 Å². The second-order valence-electron chi connectivity index (χ2n) is 0.806. The molecule has 3 heteroatoms. The first-order chi connectivity index (χ1) is 2.27. The van der Waals surface area contributed by atoms with E-state index in [9.17, 15) is 4.46 Å². The summed E-state index contributed by atoms with van der Waals surface area (Å²) in [4.78, 5) is 0. The molecule has 2 radical (unpaired) electrons. The Labute approximate surface area is 35.7 Å². The molecule has 0 aromatic rings. The van der Waals surface area contributed by atoms with Gasteiger partial charge in [-0.2, -0.15) is 0 Å². The zero-order chi connectivity index (χ0) is 4.28. The molecular formula is C2H6OSi2. The first-order valence-electron chi connectivity index (χ1n) is 1.45. The molecule has 0 aliphatic carbocycles. The second kappa shape index (κ2) is 2.47. The number of hydrogen-bond acceptors (Lipinski definition) is 1. The molecule has 0 saturated heterocycles. The Bertz CT molecular complexity index is 42.9. The Hall–Kier alpha value is 0.234. The molecule has 0 aromatic heterocycles. The standard InChI is InChI=1S/C2H6OSi2/c1-4-5(2)3/h1-2H3. The van der Waals surface area contributed by atoms with Gasteiger partial charge in [-0.15, -0.1) is 0 Å². The minimum Gasteiger partial charge on any atom is -0.394 e. The summed E-state index contributed by atoms with van der Waals surface area (Å²) in [5, 5.41) is 0. The van der Waals surface area contributed by atoms with Crippen LogP contribution in [0.1, 0.15) is 0 Å². The van der Waals surface area contributed by atoms with Crippen LogP contribution < -0.4 is 0 Å². The Morgan fingerprint density at radius 3 is 2.00 bits per heavy atom. The Balaban J connectivity index is 2.85. The van der Waals surface area contributed by atoms with Crippen LogP contribution in [0.4, 0.5) is 0 Å². The molecule has 0 spiro atoms. The van der Waals surface area contributed by atoms with Crippen LogP contribution in [0.5, 0.6) is 0 Å². The van der Waals surface area contributed by atoms with Crippen molar-refractivity contribution in [3.8, 4) is 0 Å². The Morgan fingerprint density at radius 1 is 1.80 bits per heavy atom. The molecule has 0 aliphatic heterocycles. The van der Waals surface area contributed by atoms with Crippen LogP contribution in [0.25, 0.3) is 0 Å². The quantitative estimate of drug-likeness (QED) is 0.435. The molecule has 0 bridgehead atoms. The molecule has 1 nitrogen and oxygen atoms in total. The van der Waals surface area contributed by atoms with E-state index < -0.39 is 8.20 Å². The van der Waals surface area contributed by atoms with Crippen LogP contribution in [0, 0.1) is 0 Å². The summed E-state index contributed by atoms with van der Waals surface area (Å²) in [7, 11) is -0.436. The number of rotatable bonds is 1. The highest BCUT2D eigenvalue weighted by atomic mass is 29.2. The maximum absolute atomic E-state index is 10.0. The summed E-state index contributed by atoms with van der Waals surface area (Å²) < 4.78 is 10.0. The summed E-state index contributed by atoms with van der Waals surface area (Å²) in [6.07, 6.45) is 0. The van der Waals surface area contributed by atoms with Crippen molar-refractivity contribution in [2.75, 3.05) is 0 Å². The minimum atomic E-state index is -1.10. The van der Waals surface area contributed by atoms with Crippen molar-refractivity contribution in [1.29, 1.82) is 0 Å². The van der Waals surface area contributed by atoms with Gasteiger partial charge in [0.05, 0.1) is 0 Å². The lowest BCUT2D eigenvalue weighted by Crippen LogP contribution is -1.98. The molecule has 0 atom stereocenters. The van der Waals surface area contributed by atoms with Crippen molar-refractivity contribution in [2.45, 2.75) is 13.1 Å². The molecule has 0 unspecified atom stereocenters. The van der Waals surface area contributed by atoms with E-state index in [1.807, 2.05) is 6.55 Å². The number of hydrogen-bond donors (Lipinski definition) is 0. The average molecular weight is 102 g/mol. The van der Waals surface area contributed by atoms with Gasteiger partial charge in [0.1, 0.15) is 9.04 Å². The van der Waals surface area contributed by atoms with E-state index >= 15 is 0 Å². The maximum atomic E-state index is 10.0. The summed E-state index contributed by atoms with van der Waals surface area (Å²) in [6.45, 7) is 3.74. The van der Waals surface area contributed by atoms with Crippen molar-refractivity contribution in [1.82, 2.24) is 0 Å². The molecule has 0 aromatic carbocycles. The molecule has 0 rings (SSSR count). The molecule has 5 heavy (non-hydrogen) atoms. The minimum absolute atomic E-state index is 0.660. The van der Waals surface area contributed by atoms with Crippen LogP contribution in [0.2, 0.25) is 13.1 Å². The van der Waals surface area contributed by atoms with Crippen molar-refractivity contribution in [2.24, 2.45) is 0 Å². The molecule has 0 N–H and O–H groups in total. The van der Waals surface area contributed by atoms with Crippen molar-refractivity contribution in [3.05, 3.63) is 0 Å². The maximum Gasteiger partial charge on any atom is 0.247 e. The first-order valence-corrected chi connectivity index (χ1v) is 5.86. The van der Waals surface area contributed by atoms with Gasteiger partial charge in [-0.3, -0.25) is 0 Å². The first kappa shape index (κ1) is 5.23. The molecular weight excluding hydrogens is 96.2 g/mol. The van der Waals surface area contributed by atoms with E-state index in [0.29, 0.717) is 9.04 Å². The van der Waals surface area contributed by atoms with Crippen molar-refractivity contribution < 1.29 is 4.46 Å². The summed E-state index contributed by atoms with van der Waals surface area (Å²) in [6, 6.07) is 0. The van der Waals surface area contributed by atoms with Crippen LogP contribution in [0.3, 0.4) is 0 Å². The topological polar surface area (TPSA) is 17.1 Å². The monoisotopic (exact) mass is 102 g/mol. The predicted octanol–water partition coefficient (Wildman–Crippen LogP) is 0.287. The third-order valence-electron chi connectivity index (χ3n) is 0.352. The highest BCUT2D eigenvalue weighted by Gasteiger charge is 1.84. The van der Waals surface area contributed by atoms with Crippen LogP contribution in [-0.4, -0.2) is 17.2 Å². The van der Waals surface area contributed by atoms with E-state index in [1.165, 1.54) is 0 Å². The van der Waals surface area contributed by atoms with Gasteiger partial charge < -0.3 is 4.46 Å². The Kier molecular flexibility index (Phi) is 2.59. The average Bonchev–Trinajstić information content (AvgIpc) is 1.38. The fourth-order valence-corrected chi connectivity index (χ4v) is 0. The normalized spacial score (nSPS) is 7.60. The lowest BCUT2D eigenvalue weighted by atomic mass is 11.9.